The molecule has 0 atom stereocenters. The zero-order chi connectivity index (χ0) is 15.1. The van der Waals surface area contributed by atoms with Crippen molar-refractivity contribution in [3.8, 4) is 0 Å². The summed E-state index contributed by atoms with van der Waals surface area (Å²) in [4.78, 5) is 15.7. The molecule has 0 aliphatic rings. The number of rotatable bonds is 4. The highest BCUT2D eigenvalue weighted by Crippen LogP contribution is 2.14. The number of benzene rings is 2. The first-order valence-electron chi connectivity index (χ1n) is 6.34. The zero-order valence-electron chi connectivity index (χ0n) is 11.5. The van der Waals surface area contributed by atoms with Crippen molar-refractivity contribution in [2.45, 2.75) is 0 Å². The van der Waals surface area contributed by atoms with Gasteiger partial charge in [-0.3, -0.25) is 0 Å². The third kappa shape index (κ3) is 4.82. The molecule has 0 aliphatic heterocycles. The van der Waals surface area contributed by atoms with Crippen LogP contribution in [0.1, 0.15) is 21.5 Å². The van der Waals surface area contributed by atoms with Crippen molar-refractivity contribution in [1.29, 1.82) is 0 Å². The highest BCUT2D eigenvalue weighted by atomic mass is 127. The Hall–Kier alpha value is -1.95. The van der Waals surface area contributed by atoms with Crippen LogP contribution in [0, 0.1) is 0 Å². The van der Waals surface area contributed by atoms with Crippen LogP contribution in [-0.4, -0.2) is 19.3 Å². The molecule has 0 bridgehead atoms. The van der Waals surface area contributed by atoms with Gasteiger partial charge in [-0.25, -0.2) is 9.79 Å². The lowest BCUT2D eigenvalue weighted by atomic mass is 10.1. The Kier molecular flexibility index (Phi) is 5.68. The minimum absolute atomic E-state index is 0.336. The fourth-order valence-electron chi connectivity index (χ4n) is 1.68. The molecule has 0 spiro atoms. The minimum Gasteiger partial charge on any atom is -0.465 e. The van der Waals surface area contributed by atoms with Gasteiger partial charge in [0.05, 0.1) is 12.7 Å². The van der Waals surface area contributed by atoms with Gasteiger partial charge < -0.3 is 4.74 Å². The number of esters is 1. The predicted octanol–water partition coefficient (Wildman–Crippen LogP) is 4.33. The summed E-state index contributed by atoms with van der Waals surface area (Å²) < 4.78 is 5.54. The van der Waals surface area contributed by atoms with E-state index in [-0.39, 0.29) is 5.97 Å². The number of hydrogen-bond acceptors (Lipinski definition) is 3. The molecular formula is C17H14INO2. The molecule has 21 heavy (non-hydrogen) atoms. The zero-order valence-corrected chi connectivity index (χ0v) is 13.7. The topological polar surface area (TPSA) is 38.7 Å². The molecule has 0 aromatic heterocycles. The molecule has 2 rings (SSSR count). The number of carbonyl (C=O) groups is 1. The Bertz CT molecular complexity index is 661. The summed E-state index contributed by atoms with van der Waals surface area (Å²) in [5.74, 6) is -0.336. The standard InChI is InChI=1S/C17H14INO2/c1-21-17(20)15-9-7-14(8-10-15)12-19-16(18)11-13-5-3-2-4-6-13/h2-12H,1H3. The van der Waals surface area contributed by atoms with Crippen molar-refractivity contribution in [3.05, 3.63) is 75.0 Å². The van der Waals surface area contributed by atoms with E-state index >= 15 is 0 Å². The van der Waals surface area contributed by atoms with E-state index in [4.69, 9.17) is 0 Å². The van der Waals surface area contributed by atoms with Gasteiger partial charge in [-0.2, -0.15) is 0 Å². The van der Waals surface area contributed by atoms with Crippen molar-refractivity contribution in [2.24, 2.45) is 4.99 Å². The van der Waals surface area contributed by atoms with E-state index in [9.17, 15) is 4.79 Å². The summed E-state index contributed by atoms with van der Waals surface area (Å²) >= 11 is 2.18. The first kappa shape index (κ1) is 15.4. The van der Waals surface area contributed by atoms with Crippen LogP contribution in [0.3, 0.4) is 0 Å². The second-order valence-corrected chi connectivity index (χ2v) is 5.35. The van der Waals surface area contributed by atoms with Crippen molar-refractivity contribution in [3.63, 3.8) is 0 Å². The van der Waals surface area contributed by atoms with E-state index < -0.39 is 0 Å². The summed E-state index contributed by atoms with van der Waals surface area (Å²) in [5.41, 5.74) is 2.57. The molecule has 2 aromatic carbocycles. The van der Waals surface area contributed by atoms with Crippen molar-refractivity contribution in [2.75, 3.05) is 7.11 Å². The van der Waals surface area contributed by atoms with E-state index in [2.05, 4.69) is 32.3 Å². The Balaban J connectivity index is 2.07. The first-order chi connectivity index (χ1) is 10.2. The molecule has 4 heteroatoms. The Labute approximate surface area is 137 Å². The summed E-state index contributed by atoms with van der Waals surface area (Å²) in [6.07, 6.45) is 3.77. The second-order valence-electron chi connectivity index (χ2n) is 4.25. The molecule has 3 nitrogen and oxygen atoms in total. The number of ether oxygens (including phenoxy) is 1. The molecule has 0 N–H and O–H groups in total. The monoisotopic (exact) mass is 391 g/mol. The van der Waals surface area contributed by atoms with Crippen LogP contribution in [0.2, 0.25) is 0 Å². The van der Waals surface area contributed by atoms with E-state index in [0.717, 1.165) is 14.8 Å². The van der Waals surface area contributed by atoms with Gasteiger partial charge in [0.15, 0.2) is 0 Å². The Morgan fingerprint density at radius 1 is 1.05 bits per heavy atom. The Morgan fingerprint density at radius 3 is 2.33 bits per heavy atom. The van der Waals surface area contributed by atoms with Gasteiger partial charge in [-0.15, -0.1) is 0 Å². The van der Waals surface area contributed by atoms with Gasteiger partial charge in [0.1, 0.15) is 3.70 Å². The normalized spacial score (nSPS) is 11.6. The van der Waals surface area contributed by atoms with Crippen LogP contribution in [0.15, 0.2) is 63.3 Å². The van der Waals surface area contributed by atoms with E-state index in [1.807, 2.05) is 48.5 Å². The summed E-state index contributed by atoms with van der Waals surface area (Å²) in [6.45, 7) is 0. The van der Waals surface area contributed by atoms with Gasteiger partial charge in [0.25, 0.3) is 0 Å². The predicted molar refractivity (Wildman–Crippen MR) is 93.8 cm³/mol. The van der Waals surface area contributed by atoms with Crippen LogP contribution in [-0.2, 0) is 4.74 Å². The fraction of sp³-hybridized carbons (Fsp3) is 0.0588. The second kappa shape index (κ2) is 7.73. The molecule has 0 aliphatic carbocycles. The van der Waals surface area contributed by atoms with Crippen molar-refractivity contribution in [1.82, 2.24) is 0 Å². The minimum atomic E-state index is -0.336. The van der Waals surface area contributed by atoms with Crippen molar-refractivity contribution >= 4 is 40.9 Å². The summed E-state index contributed by atoms with van der Waals surface area (Å²) in [7, 11) is 1.37. The SMILES string of the molecule is COC(=O)c1ccc(C=NC(I)=Cc2ccccc2)cc1. The van der Waals surface area contributed by atoms with Gasteiger partial charge in [0, 0.05) is 6.21 Å². The number of nitrogens with zero attached hydrogens (tertiary/aromatic N) is 1. The summed E-state index contributed by atoms with van der Waals surface area (Å²) in [6, 6.07) is 17.1. The quantitative estimate of drug-likeness (QED) is 0.337. The van der Waals surface area contributed by atoms with Gasteiger partial charge in [-0.05, 0) is 51.9 Å². The third-order valence-electron chi connectivity index (χ3n) is 2.75. The molecule has 0 amide bonds. The number of methoxy groups -OCH3 is 1. The molecule has 106 valence electrons. The average Bonchev–Trinajstić information content (AvgIpc) is 2.53. The molecule has 0 saturated carbocycles. The smallest absolute Gasteiger partial charge is 0.337 e. The number of aliphatic imine (C=N–C) groups is 1. The molecule has 0 saturated heterocycles. The molecule has 2 aromatic rings. The lowest BCUT2D eigenvalue weighted by Crippen LogP contribution is -2.00. The van der Waals surface area contributed by atoms with E-state index in [0.29, 0.717) is 5.56 Å². The van der Waals surface area contributed by atoms with Gasteiger partial charge >= 0.3 is 5.97 Å². The lowest BCUT2D eigenvalue weighted by Gasteiger charge is -1.99. The lowest BCUT2D eigenvalue weighted by molar-refractivity contribution is 0.0601. The molecular weight excluding hydrogens is 377 g/mol. The highest BCUT2D eigenvalue weighted by molar-refractivity contribution is 14.1. The molecule has 0 radical (unpaired) electrons. The van der Waals surface area contributed by atoms with E-state index in [1.54, 1.807) is 18.3 Å². The van der Waals surface area contributed by atoms with Crippen LogP contribution in [0.25, 0.3) is 6.08 Å². The van der Waals surface area contributed by atoms with Crippen LogP contribution in [0.4, 0.5) is 0 Å². The van der Waals surface area contributed by atoms with Crippen LogP contribution >= 0.6 is 22.6 Å². The highest BCUT2D eigenvalue weighted by Gasteiger charge is 2.03. The van der Waals surface area contributed by atoms with Gasteiger partial charge in [0.2, 0.25) is 0 Å². The average molecular weight is 391 g/mol. The molecule has 0 heterocycles. The first-order valence-corrected chi connectivity index (χ1v) is 7.41. The summed E-state index contributed by atoms with van der Waals surface area (Å²) in [5, 5.41) is 0. The fourth-order valence-corrected chi connectivity index (χ4v) is 2.18. The van der Waals surface area contributed by atoms with Gasteiger partial charge in [-0.1, -0.05) is 42.5 Å². The molecule has 0 unspecified atom stereocenters. The largest absolute Gasteiger partial charge is 0.465 e. The number of carbonyl (C=O) groups excluding carboxylic acids is 1. The maximum absolute atomic E-state index is 11.3. The van der Waals surface area contributed by atoms with Crippen molar-refractivity contribution < 1.29 is 9.53 Å². The molecule has 0 fully saturated rings. The number of hydrogen-bond donors (Lipinski definition) is 0. The maximum Gasteiger partial charge on any atom is 0.337 e. The van der Waals surface area contributed by atoms with Crippen LogP contribution < -0.4 is 0 Å². The number of halogens is 1. The maximum atomic E-state index is 11.3. The third-order valence-corrected chi connectivity index (χ3v) is 3.34. The Morgan fingerprint density at radius 2 is 1.71 bits per heavy atom. The van der Waals surface area contributed by atoms with Crippen LogP contribution in [0.5, 0.6) is 0 Å². The van der Waals surface area contributed by atoms with E-state index in [1.165, 1.54) is 7.11 Å².